The van der Waals surface area contributed by atoms with E-state index in [1.807, 2.05) is 54.3 Å². The van der Waals surface area contributed by atoms with Crippen molar-refractivity contribution in [2.45, 2.75) is 32.9 Å². The standard InChI is InChI=1S/C22H29N3O2/c1-3-19-8-4-5-10-21(19)27-17(2)22(26)25-13-11-24(12-14-25)16-18-7-6-9-20(23)15-18/h4-10,15,17H,3,11-14,16,23H2,1-2H3. The fourth-order valence-electron chi connectivity index (χ4n) is 3.48. The van der Waals surface area contributed by atoms with E-state index in [9.17, 15) is 4.79 Å². The smallest absolute Gasteiger partial charge is 0.263 e. The summed E-state index contributed by atoms with van der Waals surface area (Å²) in [6, 6.07) is 15.9. The number of ether oxygens (including phenoxy) is 1. The van der Waals surface area contributed by atoms with Crippen LogP contribution < -0.4 is 10.5 Å². The zero-order chi connectivity index (χ0) is 19.2. The van der Waals surface area contributed by atoms with Crippen molar-refractivity contribution in [2.75, 3.05) is 31.9 Å². The normalized spacial score (nSPS) is 16.1. The Balaban J connectivity index is 1.52. The van der Waals surface area contributed by atoms with E-state index in [-0.39, 0.29) is 5.91 Å². The van der Waals surface area contributed by atoms with Crippen LogP contribution in [0.4, 0.5) is 5.69 Å². The Morgan fingerprint density at radius 2 is 1.85 bits per heavy atom. The zero-order valence-electron chi connectivity index (χ0n) is 16.2. The third-order valence-corrected chi connectivity index (χ3v) is 5.05. The maximum atomic E-state index is 12.8. The predicted molar refractivity (Wildman–Crippen MR) is 109 cm³/mol. The summed E-state index contributed by atoms with van der Waals surface area (Å²) in [6.45, 7) is 7.97. The van der Waals surface area contributed by atoms with Gasteiger partial charge in [-0.25, -0.2) is 0 Å². The molecule has 1 unspecified atom stereocenters. The van der Waals surface area contributed by atoms with Crippen LogP contribution in [0.1, 0.15) is 25.0 Å². The molecule has 0 radical (unpaired) electrons. The zero-order valence-corrected chi connectivity index (χ0v) is 16.2. The van der Waals surface area contributed by atoms with E-state index in [1.54, 1.807) is 0 Å². The molecule has 5 heteroatoms. The SMILES string of the molecule is CCc1ccccc1OC(C)C(=O)N1CCN(Cc2cccc(N)c2)CC1. The number of amides is 1. The van der Waals surface area contributed by atoms with Gasteiger partial charge in [0.15, 0.2) is 6.10 Å². The average Bonchev–Trinajstić information content (AvgIpc) is 2.68. The molecule has 1 aliphatic rings. The first-order valence-electron chi connectivity index (χ1n) is 9.67. The second kappa shape index (κ2) is 8.91. The van der Waals surface area contributed by atoms with Gasteiger partial charge in [0.2, 0.25) is 0 Å². The Morgan fingerprint density at radius 3 is 2.56 bits per heavy atom. The molecule has 27 heavy (non-hydrogen) atoms. The summed E-state index contributed by atoms with van der Waals surface area (Å²) in [5.74, 6) is 0.866. The molecule has 1 atom stereocenters. The average molecular weight is 367 g/mol. The lowest BCUT2D eigenvalue weighted by Crippen LogP contribution is -2.51. The number of rotatable bonds is 6. The Kier molecular flexibility index (Phi) is 6.35. The number of carbonyl (C=O) groups is 1. The Bertz CT molecular complexity index is 770. The van der Waals surface area contributed by atoms with Gasteiger partial charge in [-0.1, -0.05) is 37.3 Å². The molecule has 5 nitrogen and oxygen atoms in total. The van der Waals surface area contributed by atoms with Gasteiger partial charge in [-0.05, 0) is 42.7 Å². The van der Waals surface area contributed by atoms with E-state index in [0.29, 0.717) is 0 Å². The second-order valence-corrected chi connectivity index (χ2v) is 7.07. The lowest BCUT2D eigenvalue weighted by molar-refractivity contribution is -0.139. The van der Waals surface area contributed by atoms with Gasteiger partial charge in [-0.2, -0.15) is 0 Å². The number of piperazine rings is 1. The molecule has 1 heterocycles. The number of nitrogens with zero attached hydrogens (tertiary/aromatic N) is 2. The fourth-order valence-corrected chi connectivity index (χ4v) is 3.48. The van der Waals surface area contributed by atoms with Crippen LogP contribution in [-0.2, 0) is 17.8 Å². The van der Waals surface area contributed by atoms with Gasteiger partial charge in [0.1, 0.15) is 5.75 Å². The van der Waals surface area contributed by atoms with Crippen LogP contribution in [-0.4, -0.2) is 48.0 Å². The highest BCUT2D eigenvalue weighted by Gasteiger charge is 2.26. The molecule has 3 rings (SSSR count). The summed E-state index contributed by atoms with van der Waals surface area (Å²) in [5.41, 5.74) is 8.99. The van der Waals surface area contributed by atoms with E-state index in [2.05, 4.69) is 17.9 Å². The van der Waals surface area contributed by atoms with Crippen molar-refractivity contribution in [3.05, 3.63) is 59.7 Å². The third-order valence-electron chi connectivity index (χ3n) is 5.05. The molecule has 1 amide bonds. The summed E-state index contributed by atoms with van der Waals surface area (Å²) in [7, 11) is 0. The van der Waals surface area contributed by atoms with Crippen molar-refractivity contribution in [1.82, 2.24) is 9.80 Å². The first-order valence-corrected chi connectivity index (χ1v) is 9.67. The lowest BCUT2D eigenvalue weighted by Gasteiger charge is -2.36. The van der Waals surface area contributed by atoms with Crippen LogP contribution in [0.25, 0.3) is 0 Å². The molecule has 144 valence electrons. The van der Waals surface area contributed by atoms with E-state index < -0.39 is 6.10 Å². The quantitative estimate of drug-likeness (QED) is 0.798. The highest BCUT2D eigenvalue weighted by molar-refractivity contribution is 5.81. The minimum atomic E-state index is -0.474. The molecular formula is C22H29N3O2. The Morgan fingerprint density at radius 1 is 1.11 bits per heavy atom. The molecule has 0 bridgehead atoms. The number of aryl methyl sites for hydroxylation is 1. The number of hydrogen-bond acceptors (Lipinski definition) is 4. The topological polar surface area (TPSA) is 58.8 Å². The van der Waals surface area contributed by atoms with E-state index >= 15 is 0 Å². The lowest BCUT2D eigenvalue weighted by atomic mass is 10.1. The molecule has 0 aliphatic carbocycles. The van der Waals surface area contributed by atoms with Crippen LogP contribution in [0.15, 0.2) is 48.5 Å². The molecule has 0 saturated carbocycles. The van der Waals surface area contributed by atoms with Crippen molar-refractivity contribution >= 4 is 11.6 Å². The maximum absolute atomic E-state index is 12.8. The summed E-state index contributed by atoms with van der Waals surface area (Å²) < 4.78 is 5.97. The van der Waals surface area contributed by atoms with Gasteiger partial charge in [-0.15, -0.1) is 0 Å². The van der Waals surface area contributed by atoms with Crippen LogP contribution in [0.5, 0.6) is 5.75 Å². The van der Waals surface area contributed by atoms with Crippen LogP contribution in [0.2, 0.25) is 0 Å². The first kappa shape index (κ1) is 19.2. The molecule has 2 aromatic carbocycles. The number of benzene rings is 2. The second-order valence-electron chi connectivity index (χ2n) is 7.07. The molecule has 1 aliphatic heterocycles. The molecule has 1 fully saturated rings. The van der Waals surface area contributed by atoms with Gasteiger partial charge >= 0.3 is 0 Å². The number of nitrogens with two attached hydrogens (primary N) is 1. The minimum Gasteiger partial charge on any atom is -0.481 e. The number of carbonyl (C=O) groups excluding carboxylic acids is 1. The third kappa shape index (κ3) is 5.01. The highest BCUT2D eigenvalue weighted by Crippen LogP contribution is 2.20. The molecule has 1 saturated heterocycles. The number of para-hydroxylation sites is 1. The first-order chi connectivity index (χ1) is 13.1. The molecule has 2 N–H and O–H groups in total. The van der Waals surface area contributed by atoms with Gasteiger partial charge in [0.25, 0.3) is 5.91 Å². The largest absolute Gasteiger partial charge is 0.481 e. The Hall–Kier alpha value is -2.53. The van der Waals surface area contributed by atoms with E-state index in [1.165, 1.54) is 5.56 Å². The van der Waals surface area contributed by atoms with Gasteiger partial charge in [-0.3, -0.25) is 9.69 Å². The number of hydrogen-bond donors (Lipinski definition) is 1. The summed E-state index contributed by atoms with van der Waals surface area (Å²) in [4.78, 5) is 17.0. The molecule has 2 aromatic rings. The molecule has 0 spiro atoms. The summed E-state index contributed by atoms with van der Waals surface area (Å²) in [5, 5.41) is 0. The van der Waals surface area contributed by atoms with E-state index in [4.69, 9.17) is 10.5 Å². The van der Waals surface area contributed by atoms with E-state index in [0.717, 1.165) is 56.1 Å². The summed E-state index contributed by atoms with van der Waals surface area (Å²) >= 11 is 0. The van der Waals surface area contributed by atoms with Gasteiger partial charge in [0, 0.05) is 38.4 Å². The molecule has 0 aromatic heterocycles. The van der Waals surface area contributed by atoms with Crippen LogP contribution in [0, 0.1) is 0 Å². The number of nitrogen functional groups attached to an aromatic ring is 1. The Labute approximate surface area is 161 Å². The predicted octanol–water partition coefficient (Wildman–Crippen LogP) is 2.94. The van der Waals surface area contributed by atoms with Gasteiger partial charge < -0.3 is 15.4 Å². The number of anilines is 1. The van der Waals surface area contributed by atoms with Gasteiger partial charge in [0.05, 0.1) is 0 Å². The monoisotopic (exact) mass is 367 g/mol. The minimum absolute atomic E-state index is 0.0597. The molecular weight excluding hydrogens is 338 g/mol. The van der Waals surface area contributed by atoms with Crippen molar-refractivity contribution in [1.29, 1.82) is 0 Å². The maximum Gasteiger partial charge on any atom is 0.263 e. The van der Waals surface area contributed by atoms with Crippen LogP contribution >= 0.6 is 0 Å². The van der Waals surface area contributed by atoms with Crippen LogP contribution in [0.3, 0.4) is 0 Å². The van der Waals surface area contributed by atoms with Crippen molar-refractivity contribution in [2.24, 2.45) is 0 Å². The fraction of sp³-hybridized carbons (Fsp3) is 0.409. The highest BCUT2D eigenvalue weighted by atomic mass is 16.5. The summed E-state index contributed by atoms with van der Waals surface area (Å²) in [6.07, 6.45) is 0.415. The van der Waals surface area contributed by atoms with Crippen molar-refractivity contribution in [3.8, 4) is 5.75 Å². The van der Waals surface area contributed by atoms with Crippen molar-refractivity contribution in [3.63, 3.8) is 0 Å². The van der Waals surface area contributed by atoms with Crippen molar-refractivity contribution < 1.29 is 9.53 Å².